The number of fused-ring (bicyclic) bond motifs is 2. The number of nitrogens with one attached hydrogen (secondary N) is 2. The largest absolute Gasteiger partial charge is 0.308 e. The number of benzene rings is 2. The summed E-state index contributed by atoms with van der Waals surface area (Å²) < 4.78 is 0. The van der Waals surface area contributed by atoms with Gasteiger partial charge in [-0.3, -0.25) is 10.8 Å². The molecule has 0 bridgehead atoms. The molecule has 2 aromatic carbocycles. The average molecular weight is 303 g/mol. The molecule has 1 heterocycles. The van der Waals surface area contributed by atoms with Crippen LogP contribution >= 0.6 is 11.8 Å². The Morgan fingerprint density at radius 1 is 0.727 bits per heavy atom. The molecular weight excluding hydrogens is 290 g/mol. The van der Waals surface area contributed by atoms with Crippen molar-refractivity contribution in [3.8, 4) is 0 Å². The van der Waals surface area contributed by atoms with Crippen molar-refractivity contribution in [1.29, 1.82) is 10.8 Å². The van der Waals surface area contributed by atoms with E-state index < -0.39 is 0 Å². The summed E-state index contributed by atoms with van der Waals surface area (Å²) in [5, 5.41) is 15.6. The van der Waals surface area contributed by atoms with E-state index in [1.54, 1.807) is 23.9 Å². The molecule has 2 N–H and O–H groups in total. The molecule has 0 atom stereocenters. The molecule has 2 aromatic rings. The van der Waals surface area contributed by atoms with Gasteiger partial charge in [-0.25, -0.2) is 0 Å². The standard InChI is InChI=1S/C18H13N3S/c19-13-10-9-12(11-14(13)20)21-15-5-1-3-7-17(15)22-18-8-4-2-6-16(18)21/h1-11,19-20H. The third-order valence-corrected chi connectivity index (χ3v) is 4.82. The molecule has 1 aliphatic heterocycles. The molecule has 0 saturated carbocycles. The zero-order valence-corrected chi connectivity index (χ0v) is 12.5. The second-order valence-electron chi connectivity index (χ2n) is 5.10. The third-order valence-electron chi connectivity index (χ3n) is 3.69. The minimum absolute atomic E-state index is 0.241. The van der Waals surface area contributed by atoms with Crippen molar-refractivity contribution in [1.82, 2.24) is 0 Å². The monoisotopic (exact) mass is 303 g/mol. The van der Waals surface area contributed by atoms with Gasteiger partial charge in [-0.05, 0) is 42.5 Å². The molecule has 0 radical (unpaired) electrons. The number of allylic oxidation sites excluding steroid dienone is 3. The molecule has 0 spiro atoms. The molecular formula is C18H13N3S. The molecule has 0 saturated heterocycles. The zero-order valence-electron chi connectivity index (χ0n) is 11.7. The lowest BCUT2D eigenvalue weighted by molar-refractivity contribution is 1.12. The highest BCUT2D eigenvalue weighted by Gasteiger charge is 2.25. The Morgan fingerprint density at radius 3 is 1.91 bits per heavy atom. The van der Waals surface area contributed by atoms with Gasteiger partial charge in [0.05, 0.1) is 22.8 Å². The first-order valence-electron chi connectivity index (χ1n) is 6.97. The minimum Gasteiger partial charge on any atom is -0.308 e. The van der Waals surface area contributed by atoms with E-state index in [4.69, 9.17) is 10.8 Å². The van der Waals surface area contributed by atoms with Crippen LogP contribution in [0.5, 0.6) is 0 Å². The molecule has 4 heteroatoms. The lowest BCUT2D eigenvalue weighted by Gasteiger charge is -2.34. The molecule has 0 unspecified atom stereocenters. The van der Waals surface area contributed by atoms with Crippen molar-refractivity contribution in [2.75, 3.05) is 4.90 Å². The number of para-hydroxylation sites is 2. The van der Waals surface area contributed by atoms with Crippen LogP contribution in [0, 0.1) is 10.8 Å². The predicted octanol–water partition coefficient (Wildman–Crippen LogP) is 4.78. The van der Waals surface area contributed by atoms with Gasteiger partial charge in [-0.1, -0.05) is 36.0 Å². The van der Waals surface area contributed by atoms with E-state index in [9.17, 15) is 0 Å². The predicted molar refractivity (Wildman–Crippen MR) is 91.8 cm³/mol. The number of rotatable bonds is 1. The highest BCUT2D eigenvalue weighted by Crippen LogP contribution is 2.49. The maximum absolute atomic E-state index is 7.93. The van der Waals surface area contributed by atoms with E-state index >= 15 is 0 Å². The maximum Gasteiger partial charge on any atom is 0.0810 e. The van der Waals surface area contributed by atoms with Crippen LogP contribution < -0.4 is 4.90 Å². The summed E-state index contributed by atoms with van der Waals surface area (Å²) in [6.45, 7) is 0. The zero-order chi connectivity index (χ0) is 15.1. The highest BCUT2D eigenvalue weighted by atomic mass is 32.2. The SMILES string of the molecule is N=C1C=CC(N2c3ccccc3Sc3ccccc32)=CC1=N. The molecule has 0 amide bonds. The Bertz CT molecular complexity index is 819. The van der Waals surface area contributed by atoms with Crippen LogP contribution in [-0.4, -0.2) is 11.4 Å². The molecule has 4 rings (SSSR count). The first kappa shape index (κ1) is 13.1. The fourth-order valence-electron chi connectivity index (χ4n) is 2.65. The Labute approximate surface area is 133 Å². The summed E-state index contributed by atoms with van der Waals surface area (Å²) in [6.07, 6.45) is 5.35. The van der Waals surface area contributed by atoms with Gasteiger partial charge in [-0.15, -0.1) is 0 Å². The number of hydrogen-bond acceptors (Lipinski definition) is 4. The Morgan fingerprint density at radius 2 is 1.32 bits per heavy atom. The Hall–Kier alpha value is -2.59. The number of nitrogens with zero attached hydrogens (tertiary/aromatic N) is 1. The Balaban J connectivity index is 1.92. The highest BCUT2D eigenvalue weighted by molar-refractivity contribution is 7.99. The third kappa shape index (κ3) is 2.00. The molecule has 2 aliphatic rings. The quantitative estimate of drug-likeness (QED) is 0.745. The second-order valence-corrected chi connectivity index (χ2v) is 6.19. The van der Waals surface area contributed by atoms with E-state index in [-0.39, 0.29) is 11.4 Å². The van der Waals surface area contributed by atoms with Crippen LogP contribution in [0.4, 0.5) is 11.4 Å². The molecule has 0 aromatic heterocycles. The maximum atomic E-state index is 7.93. The van der Waals surface area contributed by atoms with Crippen LogP contribution in [0.1, 0.15) is 0 Å². The smallest absolute Gasteiger partial charge is 0.0810 e. The summed E-state index contributed by atoms with van der Waals surface area (Å²) >= 11 is 1.76. The Kier molecular flexibility index (Phi) is 2.98. The van der Waals surface area contributed by atoms with Gasteiger partial charge in [0.15, 0.2) is 0 Å². The number of anilines is 2. The van der Waals surface area contributed by atoms with Crippen molar-refractivity contribution in [2.45, 2.75) is 9.79 Å². The fourth-order valence-corrected chi connectivity index (χ4v) is 3.71. The average Bonchev–Trinajstić information content (AvgIpc) is 2.55. The van der Waals surface area contributed by atoms with Gasteiger partial charge in [0.2, 0.25) is 0 Å². The lowest BCUT2D eigenvalue weighted by atomic mass is 10.1. The van der Waals surface area contributed by atoms with Crippen LogP contribution in [-0.2, 0) is 0 Å². The summed E-state index contributed by atoms with van der Waals surface area (Å²) in [5.41, 5.74) is 3.63. The fraction of sp³-hybridized carbons (Fsp3) is 0. The first-order valence-corrected chi connectivity index (χ1v) is 7.79. The van der Waals surface area contributed by atoms with Crippen molar-refractivity contribution in [3.05, 3.63) is 72.5 Å². The normalized spacial score (nSPS) is 16.2. The van der Waals surface area contributed by atoms with Crippen LogP contribution in [0.25, 0.3) is 0 Å². The van der Waals surface area contributed by atoms with E-state index in [0.29, 0.717) is 0 Å². The van der Waals surface area contributed by atoms with Gasteiger partial charge >= 0.3 is 0 Å². The lowest BCUT2D eigenvalue weighted by Crippen LogP contribution is -2.23. The van der Waals surface area contributed by atoms with Crippen molar-refractivity contribution < 1.29 is 0 Å². The van der Waals surface area contributed by atoms with Gasteiger partial charge in [0.1, 0.15) is 0 Å². The van der Waals surface area contributed by atoms with Crippen molar-refractivity contribution in [2.24, 2.45) is 0 Å². The summed E-state index contributed by atoms with van der Waals surface area (Å²) in [7, 11) is 0. The second kappa shape index (κ2) is 5.00. The molecule has 106 valence electrons. The van der Waals surface area contributed by atoms with E-state index in [1.807, 2.05) is 30.3 Å². The molecule has 22 heavy (non-hydrogen) atoms. The molecule has 1 aliphatic carbocycles. The topological polar surface area (TPSA) is 50.9 Å². The summed E-state index contributed by atoms with van der Waals surface area (Å²) in [6, 6.07) is 16.6. The van der Waals surface area contributed by atoms with Crippen LogP contribution in [0.3, 0.4) is 0 Å². The molecule has 0 fully saturated rings. The van der Waals surface area contributed by atoms with Crippen molar-refractivity contribution in [3.63, 3.8) is 0 Å². The van der Waals surface area contributed by atoms with Crippen molar-refractivity contribution >= 4 is 34.6 Å². The summed E-state index contributed by atoms with van der Waals surface area (Å²) in [4.78, 5) is 4.56. The van der Waals surface area contributed by atoms with E-state index in [1.165, 1.54) is 9.79 Å². The summed E-state index contributed by atoms with van der Waals surface area (Å²) in [5.74, 6) is 0. The molecule has 3 nitrogen and oxygen atoms in total. The van der Waals surface area contributed by atoms with Crippen LogP contribution in [0.2, 0.25) is 0 Å². The van der Waals surface area contributed by atoms with Gasteiger partial charge in [0, 0.05) is 15.5 Å². The minimum atomic E-state index is 0.241. The van der Waals surface area contributed by atoms with Crippen LogP contribution in [0.15, 0.2) is 82.2 Å². The first-order chi connectivity index (χ1) is 10.7. The van der Waals surface area contributed by atoms with Gasteiger partial charge < -0.3 is 4.90 Å². The van der Waals surface area contributed by atoms with E-state index in [0.717, 1.165) is 17.1 Å². The van der Waals surface area contributed by atoms with E-state index in [2.05, 4.69) is 29.2 Å². The van der Waals surface area contributed by atoms with Gasteiger partial charge in [0.25, 0.3) is 0 Å². The van der Waals surface area contributed by atoms with Gasteiger partial charge in [-0.2, -0.15) is 0 Å². The number of hydrogen-bond donors (Lipinski definition) is 2.